The largest absolute Gasteiger partial charge is 0.496 e. The molecule has 4 heteroatoms. The zero-order valence-electron chi connectivity index (χ0n) is 12.0. The molecule has 0 atom stereocenters. The van der Waals surface area contributed by atoms with Crippen LogP contribution in [0, 0.1) is 0 Å². The Bertz CT molecular complexity index is 655. The highest BCUT2D eigenvalue weighted by molar-refractivity contribution is 6.10. The Hall–Kier alpha value is -2.75. The first kappa shape index (κ1) is 14.7. The summed E-state index contributed by atoms with van der Waals surface area (Å²) in [6.07, 6.45) is 3.14. The fraction of sp³-hybridized carbons (Fsp3) is 0.118. The molecule has 2 N–H and O–H groups in total. The summed E-state index contributed by atoms with van der Waals surface area (Å²) in [6.45, 7) is 0. The molecule has 0 aliphatic carbocycles. The number of carbonyl (C=O) groups excluding carboxylic acids is 1. The molecule has 0 bridgehead atoms. The molecule has 0 saturated heterocycles. The predicted octanol–water partition coefficient (Wildman–Crippen LogP) is 3.18. The zero-order chi connectivity index (χ0) is 15.2. The topological polar surface area (TPSA) is 61.5 Å². The van der Waals surface area contributed by atoms with Gasteiger partial charge in [0.1, 0.15) is 11.5 Å². The van der Waals surface area contributed by atoms with Crippen LogP contribution in [-0.4, -0.2) is 20.0 Å². The van der Waals surface area contributed by atoms with Gasteiger partial charge in [0, 0.05) is 11.3 Å². The number of nitrogens with two attached hydrogens (primary N) is 1. The monoisotopic (exact) mass is 283 g/mol. The van der Waals surface area contributed by atoms with Gasteiger partial charge in [-0.1, -0.05) is 18.2 Å². The third-order valence-electron chi connectivity index (χ3n) is 3.09. The van der Waals surface area contributed by atoms with Crippen molar-refractivity contribution in [3.8, 4) is 11.5 Å². The van der Waals surface area contributed by atoms with E-state index in [1.807, 2.05) is 18.2 Å². The Morgan fingerprint density at radius 1 is 1.00 bits per heavy atom. The van der Waals surface area contributed by atoms with Crippen LogP contribution in [0.5, 0.6) is 11.5 Å². The van der Waals surface area contributed by atoms with E-state index in [4.69, 9.17) is 15.2 Å². The second-order valence-corrected chi connectivity index (χ2v) is 4.36. The summed E-state index contributed by atoms with van der Waals surface area (Å²) >= 11 is 0. The van der Waals surface area contributed by atoms with Crippen LogP contribution >= 0.6 is 0 Å². The third kappa shape index (κ3) is 3.23. The first-order chi connectivity index (χ1) is 10.2. The number of ketones is 1. The molecule has 0 aliphatic rings. The number of para-hydroxylation sites is 1. The number of hydrogen-bond acceptors (Lipinski definition) is 4. The van der Waals surface area contributed by atoms with Gasteiger partial charge in [-0.2, -0.15) is 0 Å². The van der Waals surface area contributed by atoms with Crippen molar-refractivity contribution in [2.45, 2.75) is 0 Å². The molecule has 0 aromatic heterocycles. The molecule has 4 nitrogen and oxygen atoms in total. The standard InChI is InChI=1S/C17H17NO3/c1-20-16-8-5-9-17(21-2)13(16)10-11-15(19)12-6-3-4-7-14(12)18/h3-11H,18H2,1-2H3/b11-10+. The van der Waals surface area contributed by atoms with E-state index in [0.29, 0.717) is 28.3 Å². The van der Waals surface area contributed by atoms with E-state index >= 15 is 0 Å². The maximum Gasteiger partial charge on any atom is 0.187 e. The molecule has 0 aliphatic heterocycles. The van der Waals surface area contributed by atoms with Gasteiger partial charge in [0.25, 0.3) is 0 Å². The van der Waals surface area contributed by atoms with E-state index in [1.165, 1.54) is 6.08 Å². The van der Waals surface area contributed by atoms with Gasteiger partial charge in [-0.3, -0.25) is 4.79 Å². The highest BCUT2D eigenvalue weighted by atomic mass is 16.5. The lowest BCUT2D eigenvalue weighted by atomic mass is 10.1. The van der Waals surface area contributed by atoms with Crippen LogP contribution in [-0.2, 0) is 0 Å². The quantitative estimate of drug-likeness (QED) is 0.520. The SMILES string of the molecule is COc1cccc(OC)c1/C=C/C(=O)c1ccccc1N. The van der Waals surface area contributed by atoms with E-state index in [-0.39, 0.29) is 5.78 Å². The van der Waals surface area contributed by atoms with Gasteiger partial charge in [-0.05, 0) is 36.4 Å². The summed E-state index contributed by atoms with van der Waals surface area (Å²) < 4.78 is 10.6. The molecule has 2 aromatic rings. The number of carbonyl (C=O) groups is 1. The van der Waals surface area contributed by atoms with Crippen LogP contribution < -0.4 is 15.2 Å². The van der Waals surface area contributed by atoms with Crippen LogP contribution in [0.3, 0.4) is 0 Å². The van der Waals surface area contributed by atoms with E-state index in [9.17, 15) is 4.79 Å². The molecular weight excluding hydrogens is 266 g/mol. The predicted molar refractivity (Wildman–Crippen MR) is 83.8 cm³/mol. The molecule has 0 fully saturated rings. The highest BCUT2D eigenvalue weighted by Gasteiger charge is 2.09. The van der Waals surface area contributed by atoms with Crippen LogP contribution in [0.15, 0.2) is 48.5 Å². The number of methoxy groups -OCH3 is 2. The van der Waals surface area contributed by atoms with E-state index in [2.05, 4.69) is 0 Å². The number of nitrogen functional groups attached to an aromatic ring is 1. The Labute approximate surface area is 123 Å². The van der Waals surface area contributed by atoms with Gasteiger partial charge in [0.15, 0.2) is 5.78 Å². The maximum atomic E-state index is 12.2. The van der Waals surface area contributed by atoms with Crippen molar-refractivity contribution in [1.29, 1.82) is 0 Å². The minimum atomic E-state index is -0.166. The van der Waals surface area contributed by atoms with E-state index in [0.717, 1.165) is 0 Å². The first-order valence-corrected chi connectivity index (χ1v) is 6.45. The Kier molecular flexibility index (Phi) is 4.61. The van der Waals surface area contributed by atoms with Crippen molar-refractivity contribution in [3.05, 3.63) is 59.7 Å². The van der Waals surface area contributed by atoms with Crippen LogP contribution in [0.1, 0.15) is 15.9 Å². The Balaban J connectivity index is 2.34. The average Bonchev–Trinajstić information content (AvgIpc) is 2.52. The molecule has 0 amide bonds. The summed E-state index contributed by atoms with van der Waals surface area (Å²) in [6, 6.07) is 12.4. The van der Waals surface area contributed by atoms with Gasteiger partial charge in [-0.15, -0.1) is 0 Å². The summed E-state index contributed by atoms with van der Waals surface area (Å²) in [4.78, 5) is 12.2. The first-order valence-electron chi connectivity index (χ1n) is 6.45. The van der Waals surface area contributed by atoms with Crippen LogP contribution in [0.25, 0.3) is 6.08 Å². The third-order valence-corrected chi connectivity index (χ3v) is 3.09. The fourth-order valence-electron chi connectivity index (χ4n) is 2.01. The lowest BCUT2D eigenvalue weighted by Crippen LogP contribution is -2.00. The minimum absolute atomic E-state index is 0.166. The van der Waals surface area contributed by atoms with Crippen LogP contribution in [0.4, 0.5) is 5.69 Å². The number of benzene rings is 2. The Morgan fingerprint density at radius 2 is 1.62 bits per heavy atom. The summed E-state index contributed by atoms with van der Waals surface area (Å²) in [7, 11) is 3.15. The number of ether oxygens (including phenoxy) is 2. The second kappa shape index (κ2) is 6.61. The molecule has 108 valence electrons. The molecule has 0 spiro atoms. The van der Waals surface area contributed by atoms with Gasteiger partial charge in [0.05, 0.1) is 19.8 Å². The molecular formula is C17H17NO3. The Morgan fingerprint density at radius 3 is 2.19 bits per heavy atom. The van der Waals surface area contributed by atoms with Gasteiger partial charge < -0.3 is 15.2 Å². The summed E-state index contributed by atoms with van der Waals surface area (Å²) in [5, 5.41) is 0. The smallest absolute Gasteiger partial charge is 0.187 e. The van der Waals surface area contributed by atoms with Crippen molar-refractivity contribution in [1.82, 2.24) is 0 Å². The van der Waals surface area contributed by atoms with Gasteiger partial charge in [0.2, 0.25) is 0 Å². The van der Waals surface area contributed by atoms with E-state index in [1.54, 1.807) is 44.6 Å². The number of rotatable bonds is 5. The van der Waals surface area contributed by atoms with Crippen molar-refractivity contribution in [2.75, 3.05) is 20.0 Å². The fourth-order valence-corrected chi connectivity index (χ4v) is 2.01. The normalized spacial score (nSPS) is 10.6. The zero-order valence-corrected chi connectivity index (χ0v) is 12.0. The molecule has 21 heavy (non-hydrogen) atoms. The summed E-state index contributed by atoms with van der Waals surface area (Å²) in [5.74, 6) is 1.11. The highest BCUT2D eigenvalue weighted by Crippen LogP contribution is 2.29. The molecule has 0 unspecified atom stereocenters. The molecule has 2 rings (SSSR count). The number of allylic oxidation sites excluding steroid dienone is 1. The lowest BCUT2D eigenvalue weighted by Gasteiger charge is -2.09. The van der Waals surface area contributed by atoms with Gasteiger partial charge >= 0.3 is 0 Å². The van der Waals surface area contributed by atoms with Gasteiger partial charge in [-0.25, -0.2) is 0 Å². The molecule has 0 saturated carbocycles. The lowest BCUT2D eigenvalue weighted by molar-refractivity contribution is 0.104. The maximum absolute atomic E-state index is 12.2. The molecule has 2 aromatic carbocycles. The molecule has 0 radical (unpaired) electrons. The van der Waals surface area contributed by atoms with Crippen molar-refractivity contribution < 1.29 is 14.3 Å². The second-order valence-electron chi connectivity index (χ2n) is 4.36. The van der Waals surface area contributed by atoms with Crippen molar-refractivity contribution >= 4 is 17.5 Å². The minimum Gasteiger partial charge on any atom is -0.496 e. The summed E-state index contributed by atoms with van der Waals surface area (Å²) in [5.41, 5.74) is 7.44. The molecule has 0 heterocycles. The van der Waals surface area contributed by atoms with Crippen LogP contribution in [0.2, 0.25) is 0 Å². The number of anilines is 1. The van der Waals surface area contributed by atoms with Crippen molar-refractivity contribution in [3.63, 3.8) is 0 Å². The van der Waals surface area contributed by atoms with E-state index < -0.39 is 0 Å². The number of hydrogen-bond donors (Lipinski definition) is 1. The average molecular weight is 283 g/mol. The van der Waals surface area contributed by atoms with Crippen molar-refractivity contribution in [2.24, 2.45) is 0 Å².